The van der Waals surface area contributed by atoms with Crippen LogP contribution in [-0.2, 0) is 6.54 Å². The van der Waals surface area contributed by atoms with E-state index in [-0.39, 0.29) is 17.9 Å². The zero-order chi connectivity index (χ0) is 16.3. The van der Waals surface area contributed by atoms with Crippen molar-refractivity contribution in [2.75, 3.05) is 7.11 Å². The average Bonchev–Trinajstić information content (AvgIpc) is 2.53. The largest absolute Gasteiger partial charge is 0.497 e. The summed E-state index contributed by atoms with van der Waals surface area (Å²) < 4.78 is 19.7. The second-order valence-electron chi connectivity index (χ2n) is 4.81. The van der Waals surface area contributed by atoms with Crippen LogP contribution in [0.4, 0.5) is 4.39 Å². The summed E-state index contributed by atoms with van der Waals surface area (Å²) >= 11 is 1.90. The summed E-state index contributed by atoms with van der Waals surface area (Å²) in [6.45, 7) is 1.89. The maximum atomic E-state index is 14.2. The van der Waals surface area contributed by atoms with Crippen molar-refractivity contribution in [2.24, 2.45) is 0 Å². The van der Waals surface area contributed by atoms with Gasteiger partial charge in [-0.3, -0.25) is 10.6 Å². The van der Waals surface area contributed by atoms with Crippen molar-refractivity contribution in [1.82, 2.24) is 5.06 Å². The molecule has 0 fully saturated rings. The summed E-state index contributed by atoms with van der Waals surface area (Å²) in [5.41, 5.74) is 1.66. The number of benzene rings is 2. The fraction of sp³-hybridized carbons (Fsp3) is 0.188. The first-order chi connectivity index (χ1) is 10.4. The van der Waals surface area contributed by atoms with E-state index >= 15 is 0 Å². The summed E-state index contributed by atoms with van der Waals surface area (Å²) in [7, 11) is 1.57. The molecular weight excluding hydrogens is 398 g/mol. The first kappa shape index (κ1) is 16.7. The van der Waals surface area contributed by atoms with Crippen LogP contribution in [0.15, 0.2) is 36.4 Å². The number of hydroxylamine groups is 2. The van der Waals surface area contributed by atoms with Gasteiger partial charge < -0.3 is 4.74 Å². The zero-order valence-corrected chi connectivity index (χ0v) is 14.4. The molecule has 0 aliphatic heterocycles. The molecule has 0 unspecified atom stereocenters. The lowest BCUT2D eigenvalue weighted by Gasteiger charge is -2.19. The molecule has 2 rings (SSSR count). The third kappa shape index (κ3) is 3.56. The Morgan fingerprint density at radius 2 is 1.91 bits per heavy atom. The van der Waals surface area contributed by atoms with Gasteiger partial charge in [-0.15, -0.1) is 0 Å². The molecule has 6 heteroatoms. The quantitative estimate of drug-likeness (QED) is 0.345. The van der Waals surface area contributed by atoms with Crippen molar-refractivity contribution >= 4 is 28.4 Å². The Morgan fingerprint density at radius 1 is 1.27 bits per heavy atom. The van der Waals surface area contributed by atoms with Gasteiger partial charge in [-0.1, -0.05) is 18.2 Å². The molecule has 0 atom stereocenters. The van der Waals surface area contributed by atoms with Crippen LogP contribution >= 0.6 is 22.6 Å². The number of nitrogens with zero attached hydrogens (tertiary/aromatic N) is 1. The van der Waals surface area contributed by atoms with Gasteiger partial charge in [-0.05, 0) is 58.8 Å². The predicted octanol–water partition coefficient (Wildman–Crippen LogP) is 3.96. The molecule has 0 saturated carbocycles. The fourth-order valence-electron chi connectivity index (χ4n) is 1.95. The molecule has 0 heterocycles. The van der Waals surface area contributed by atoms with Crippen molar-refractivity contribution in [2.45, 2.75) is 13.5 Å². The van der Waals surface area contributed by atoms with Crippen LogP contribution in [0.3, 0.4) is 0 Å². The number of aryl methyl sites for hydroxylation is 1. The molecule has 0 spiro atoms. The molecule has 116 valence electrons. The molecule has 0 aliphatic carbocycles. The Labute approximate surface area is 142 Å². The van der Waals surface area contributed by atoms with E-state index in [4.69, 9.17) is 10.1 Å². The number of hydrogen-bond acceptors (Lipinski definition) is 3. The molecule has 0 bridgehead atoms. The molecule has 2 aromatic carbocycles. The minimum Gasteiger partial charge on any atom is -0.497 e. The lowest BCUT2D eigenvalue weighted by molar-refractivity contribution is -0.0232. The minimum atomic E-state index is -0.487. The van der Waals surface area contributed by atoms with Gasteiger partial charge in [0.2, 0.25) is 0 Å². The van der Waals surface area contributed by atoms with E-state index in [2.05, 4.69) is 0 Å². The van der Waals surface area contributed by atoms with Gasteiger partial charge in [0, 0.05) is 0 Å². The SMILES string of the molecule is COc1ccc(CN(O)C(=N)c2ccc(C)c(I)c2F)cc1. The Bertz CT molecular complexity index is 689. The first-order valence-corrected chi connectivity index (χ1v) is 7.64. The third-order valence-electron chi connectivity index (χ3n) is 3.28. The third-order valence-corrected chi connectivity index (χ3v) is 4.60. The van der Waals surface area contributed by atoms with E-state index < -0.39 is 5.82 Å². The standard InChI is InChI=1S/C16H16FIN2O2/c1-10-3-8-13(14(17)15(10)18)16(19)20(21)9-11-4-6-12(22-2)7-5-11/h3-8,19,21H,9H2,1-2H3. The Morgan fingerprint density at radius 3 is 2.50 bits per heavy atom. The number of ether oxygens (including phenoxy) is 1. The van der Waals surface area contributed by atoms with Gasteiger partial charge in [-0.25, -0.2) is 9.45 Å². The van der Waals surface area contributed by atoms with Crippen LogP contribution in [0.2, 0.25) is 0 Å². The highest BCUT2D eigenvalue weighted by Crippen LogP contribution is 2.21. The molecule has 4 nitrogen and oxygen atoms in total. The molecule has 2 aromatic rings. The highest BCUT2D eigenvalue weighted by molar-refractivity contribution is 14.1. The molecule has 0 radical (unpaired) electrons. The maximum absolute atomic E-state index is 14.2. The summed E-state index contributed by atoms with van der Waals surface area (Å²) in [6, 6.07) is 10.3. The van der Waals surface area contributed by atoms with Gasteiger partial charge in [0.25, 0.3) is 0 Å². The highest BCUT2D eigenvalue weighted by atomic mass is 127. The Hall–Kier alpha value is -1.67. The lowest BCUT2D eigenvalue weighted by atomic mass is 10.1. The number of nitrogens with one attached hydrogen (secondary N) is 1. The van der Waals surface area contributed by atoms with Crippen molar-refractivity contribution in [3.63, 3.8) is 0 Å². The van der Waals surface area contributed by atoms with Crippen LogP contribution in [0.1, 0.15) is 16.7 Å². The molecule has 0 amide bonds. The van der Waals surface area contributed by atoms with E-state index in [1.807, 2.05) is 22.6 Å². The second kappa shape index (κ2) is 7.06. The van der Waals surface area contributed by atoms with Gasteiger partial charge in [0.15, 0.2) is 5.84 Å². The van der Waals surface area contributed by atoms with E-state index in [0.717, 1.165) is 16.2 Å². The van der Waals surface area contributed by atoms with Crippen molar-refractivity contribution in [3.8, 4) is 5.75 Å². The van der Waals surface area contributed by atoms with E-state index in [1.165, 1.54) is 6.07 Å². The summed E-state index contributed by atoms with van der Waals surface area (Å²) in [5.74, 6) is -0.0481. The van der Waals surface area contributed by atoms with Crippen LogP contribution in [-0.4, -0.2) is 23.2 Å². The number of methoxy groups -OCH3 is 1. The molecule has 0 aromatic heterocycles. The average molecular weight is 414 g/mol. The van der Waals surface area contributed by atoms with Gasteiger partial charge >= 0.3 is 0 Å². The summed E-state index contributed by atoms with van der Waals surface area (Å²) in [6.07, 6.45) is 0. The van der Waals surface area contributed by atoms with Gasteiger partial charge in [0.05, 0.1) is 22.8 Å². The summed E-state index contributed by atoms with van der Waals surface area (Å²) in [5, 5.41) is 18.8. The number of hydrogen-bond donors (Lipinski definition) is 2. The molecule has 22 heavy (non-hydrogen) atoms. The van der Waals surface area contributed by atoms with E-state index in [9.17, 15) is 9.60 Å². The van der Waals surface area contributed by atoms with Crippen molar-refractivity contribution in [3.05, 3.63) is 62.5 Å². The normalized spacial score (nSPS) is 10.4. The van der Waals surface area contributed by atoms with Gasteiger partial charge in [-0.2, -0.15) is 0 Å². The van der Waals surface area contributed by atoms with Crippen LogP contribution in [0, 0.1) is 21.7 Å². The smallest absolute Gasteiger partial charge is 0.155 e. The fourth-order valence-corrected chi connectivity index (χ4v) is 2.42. The number of rotatable bonds is 4. The zero-order valence-electron chi connectivity index (χ0n) is 12.2. The molecular formula is C16H16FIN2O2. The number of amidine groups is 1. The maximum Gasteiger partial charge on any atom is 0.155 e. The molecule has 2 N–H and O–H groups in total. The molecule has 0 saturated heterocycles. The van der Waals surface area contributed by atoms with E-state index in [0.29, 0.717) is 9.32 Å². The van der Waals surface area contributed by atoms with Crippen molar-refractivity contribution in [1.29, 1.82) is 5.41 Å². The number of halogens is 2. The topological polar surface area (TPSA) is 56.6 Å². The highest BCUT2D eigenvalue weighted by Gasteiger charge is 2.17. The monoisotopic (exact) mass is 414 g/mol. The van der Waals surface area contributed by atoms with E-state index in [1.54, 1.807) is 44.4 Å². The van der Waals surface area contributed by atoms with Crippen LogP contribution in [0.5, 0.6) is 5.75 Å². The molecule has 0 aliphatic rings. The lowest BCUT2D eigenvalue weighted by Crippen LogP contribution is -2.28. The first-order valence-electron chi connectivity index (χ1n) is 6.57. The predicted molar refractivity (Wildman–Crippen MR) is 91.0 cm³/mol. The second-order valence-corrected chi connectivity index (χ2v) is 5.89. The Balaban J connectivity index is 2.16. The minimum absolute atomic E-state index is 0.0750. The van der Waals surface area contributed by atoms with Crippen LogP contribution in [0.25, 0.3) is 0 Å². The van der Waals surface area contributed by atoms with Crippen molar-refractivity contribution < 1.29 is 14.3 Å². The van der Waals surface area contributed by atoms with Crippen LogP contribution < -0.4 is 4.74 Å². The summed E-state index contributed by atoms with van der Waals surface area (Å²) in [4.78, 5) is 0. The Kier molecular flexibility index (Phi) is 5.36. The van der Waals surface area contributed by atoms with Gasteiger partial charge in [0.1, 0.15) is 11.6 Å².